The van der Waals surface area contributed by atoms with Gasteiger partial charge in [0.2, 0.25) is 5.91 Å². The van der Waals surface area contributed by atoms with Crippen LogP contribution in [0.2, 0.25) is 0 Å². The second kappa shape index (κ2) is 8.20. The van der Waals surface area contributed by atoms with Gasteiger partial charge in [0, 0.05) is 31.1 Å². The maximum atomic E-state index is 12.3. The lowest BCUT2D eigenvalue weighted by atomic mass is 9.95. The molecule has 0 aliphatic carbocycles. The molecule has 6 nitrogen and oxygen atoms in total. The van der Waals surface area contributed by atoms with E-state index in [1.165, 1.54) is 12.8 Å². The Hall–Kier alpha value is -1.89. The number of amidine groups is 1. The number of fused-ring (bicyclic) bond motifs is 1. The summed E-state index contributed by atoms with van der Waals surface area (Å²) in [4.78, 5) is 14.6. The van der Waals surface area contributed by atoms with Crippen molar-refractivity contribution in [2.24, 2.45) is 10.3 Å². The van der Waals surface area contributed by atoms with Gasteiger partial charge in [0.25, 0.3) is 10.0 Å². The first-order chi connectivity index (χ1) is 12.5. The molecule has 0 spiro atoms. The Balaban J connectivity index is 1.54. The van der Waals surface area contributed by atoms with Crippen LogP contribution >= 0.6 is 0 Å². The molecule has 0 saturated carbocycles. The van der Waals surface area contributed by atoms with E-state index >= 15 is 0 Å². The van der Waals surface area contributed by atoms with Gasteiger partial charge in [-0.05, 0) is 31.4 Å². The van der Waals surface area contributed by atoms with Crippen LogP contribution in [-0.4, -0.2) is 44.7 Å². The van der Waals surface area contributed by atoms with E-state index in [9.17, 15) is 13.2 Å². The predicted octanol–water partition coefficient (Wildman–Crippen LogP) is 2.54. The Labute approximate surface area is 155 Å². The highest BCUT2D eigenvalue weighted by Crippen LogP contribution is 2.29. The van der Waals surface area contributed by atoms with Crippen molar-refractivity contribution in [3.05, 3.63) is 29.8 Å². The molecule has 0 aromatic heterocycles. The fraction of sp³-hybridized carbons (Fsp3) is 0.579. The number of nitrogens with one attached hydrogen (secondary N) is 1. The third-order valence-corrected chi connectivity index (χ3v) is 6.43. The zero-order chi connectivity index (χ0) is 18.6. The van der Waals surface area contributed by atoms with E-state index in [0.29, 0.717) is 24.5 Å². The number of amides is 1. The number of nitrogens with zero attached hydrogens (tertiary/aromatic N) is 2. The van der Waals surface area contributed by atoms with Crippen LogP contribution < -0.4 is 5.32 Å². The Morgan fingerprint density at radius 3 is 2.65 bits per heavy atom. The van der Waals surface area contributed by atoms with Crippen LogP contribution in [0, 0.1) is 5.92 Å². The Morgan fingerprint density at radius 1 is 1.19 bits per heavy atom. The normalized spacial score (nSPS) is 19.1. The van der Waals surface area contributed by atoms with Gasteiger partial charge in [-0.25, -0.2) is 0 Å². The molecule has 2 aliphatic heterocycles. The molecule has 1 aromatic carbocycles. The summed E-state index contributed by atoms with van der Waals surface area (Å²) in [5.41, 5.74) is 0.673. The second-order valence-electron chi connectivity index (χ2n) is 7.00. The van der Waals surface area contributed by atoms with Crippen molar-refractivity contribution < 1.29 is 13.2 Å². The summed E-state index contributed by atoms with van der Waals surface area (Å²) in [6.07, 6.45) is 6.03. The Bertz CT molecular complexity index is 781. The first-order valence-electron chi connectivity index (χ1n) is 9.50. The molecule has 1 saturated heterocycles. The summed E-state index contributed by atoms with van der Waals surface area (Å²) in [5, 5.41) is 3.04. The average Bonchev–Trinajstić information content (AvgIpc) is 2.93. The maximum Gasteiger partial charge on any atom is 0.285 e. The van der Waals surface area contributed by atoms with Gasteiger partial charge < -0.3 is 10.2 Å². The summed E-state index contributed by atoms with van der Waals surface area (Å²) in [7, 11) is -3.59. The van der Waals surface area contributed by atoms with E-state index in [0.717, 1.165) is 32.2 Å². The van der Waals surface area contributed by atoms with Crippen molar-refractivity contribution in [2.75, 3.05) is 19.6 Å². The van der Waals surface area contributed by atoms with Crippen molar-refractivity contribution >= 4 is 21.8 Å². The summed E-state index contributed by atoms with van der Waals surface area (Å²) >= 11 is 0. The van der Waals surface area contributed by atoms with Crippen LogP contribution in [0.15, 0.2) is 33.6 Å². The van der Waals surface area contributed by atoms with Gasteiger partial charge in [0.1, 0.15) is 4.90 Å². The SMILES string of the molecule is CCCCCCNC(=O)C1CCN(C2=NS(=O)(=O)c3ccccc32)CC1. The van der Waals surface area contributed by atoms with Gasteiger partial charge in [0.15, 0.2) is 5.84 Å². The number of likely N-dealkylation sites (tertiary alicyclic amines) is 1. The number of sulfonamides is 1. The van der Waals surface area contributed by atoms with E-state index in [4.69, 9.17) is 0 Å². The van der Waals surface area contributed by atoms with Crippen LogP contribution in [0.25, 0.3) is 0 Å². The highest BCUT2D eigenvalue weighted by Gasteiger charge is 2.34. The highest BCUT2D eigenvalue weighted by atomic mass is 32.2. The topological polar surface area (TPSA) is 78.8 Å². The quantitative estimate of drug-likeness (QED) is 0.773. The number of carbonyl (C=O) groups is 1. The van der Waals surface area contributed by atoms with Crippen LogP contribution in [0.4, 0.5) is 0 Å². The van der Waals surface area contributed by atoms with Crippen molar-refractivity contribution in [3.8, 4) is 0 Å². The zero-order valence-electron chi connectivity index (χ0n) is 15.3. The Morgan fingerprint density at radius 2 is 1.92 bits per heavy atom. The molecule has 142 valence electrons. The fourth-order valence-electron chi connectivity index (χ4n) is 3.58. The molecule has 26 heavy (non-hydrogen) atoms. The molecule has 2 heterocycles. The third kappa shape index (κ3) is 4.09. The summed E-state index contributed by atoms with van der Waals surface area (Å²) in [6, 6.07) is 6.94. The van der Waals surface area contributed by atoms with Crippen LogP contribution in [0.5, 0.6) is 0 Å². The first kappa shape index (κ1) is 18.9. The number of piperidine rings is 1. The van der Waals surface area contributed by atoms with E-state index in [2.05, 4.69) is 16.6 Å². The minimum absolute atomic E-state index is 0.00581. The van der Waals surface area contributed by atoms with Crippen molar-refractivity contribution in [2.45, 2.75) is 50.3 Å². The fourth-order valence-corrected chi connectivity index (χ4v) is 4.81. The lowest BCUT2D eigenvalue weighted by Crippen LogP contribution is -2.43. The number of carbonyl (C=O) groups excluding carboxylic acids is 1. The molecule has 1 aromatic rings. The molecule has 0 unspecified atom stereocenters. The summed E-state index contributed by atoms with van der Waals surface area (Å²) < 4.78 is 28.4. The molecule has 3 rings (SSSR count). The largest absolute Gasteiger partial charge is 0.356 e. The second-order valence-corrected chi connectivity index (χ2v) is 8.57. The zero-order valence-corrected chi connectivity index (χ0v) is 16.1. The van der Waals surface area contributed by atoms with Crippen LogP contribution in [0.3, 0.4) is 0 Å². The van der Waals surface area contributed by atoms with Crippen molar-refractivity contribution in [1.82, 2.24) is 10.2 Å². The standard InChI is InChI=1S/C19H27N3O3S/c1-2-3-4-7-12-20-19(23)15-10-13-22(14-11-15)18-16-8-5-6-9-17(16)26(24,25)21-18/h5-6,8-9,15H,2-4,7,10-14H2,1H3,(H,20,23). The van der Waals surface area contributed by atoms with Gasteiger partial charge in [-0.3, -0.25) is 4.79 Å². The monoisotopic (exact) mass is 377 g/mol. The number of unbranched alkanes of at least 4 members (excludes halogenated alkanes) is 3. The van der Waals surface area contributed by atoms with Gasteiger partial charge in [-0.1, -0.05) is 38.3 Å². The van der Waals surface area contributed by atoms with Gasteiger partial charge in [-0.15, -0.1) is 4.40 Å². The molecule has 0 atom stereocenters. The molecule has 1 amide bonds. The minimum Gasteiger partial charge on any atom is -0.356 e. The van der Waals surface area contributed by atoms with Crippen molar-refractivity contribution in [3.63, 3.8) is 0 Å². The molecule has 1 N–H and O–H groups in total. The van der Waals surface area contributed by atoms with E-state index in [1.807, 2.05) is 11.0 Å². The number of benzene rings is 1. The van der Waals surface area contributed by atoms with Crippen LogP contribution in [0.1, 0.15) is 51.0 Å². The third-order valence-electron chi connectivity index (χ3n) is 5.11. The molecule has 0 radical (unpaired) electrons. The maximum absolute atomic E-state index is 12.3. The molecular formula is C19H27N3O3S. The highest BCUT2D eigenvalue weighted by molar-refractivity contribution is 7.90. The van der Waals surface area contributed by atoms with E-state index < -0.39 is 10.0 Å². The summed E-state index contributed by atoms with van der Waals surface area (Å²) in [6.45, 7) is 4.22. The number of hydrogen-bond acceptors (Lipinski definition) is 4. The van der Waals surface area contributed by atoms with E-state index in [-0.39, 0.29) is 16.7 Å². The molecule has 2 aliphatic rings. The van der Waals surface area contributed by atoms with Crippen LogP contribution in [-0.2, 0) is 14.8 Å². The van der Waals surface area contributed by atoms with Gasteiger partial charge in [-0.2, -0.15) is 8.42 Å². The predicted molar refractivity (Wildman–Crippen MR) is 102 cm³/mol. The summed E-state index contributed by atoms with van der Waals surface area (Å²) in [5.74, 6) is 0.660. The number of hydrogen-bond donors (Lipinski definition) is 1. The average molecular weight is 378 g/mol. The molecule has 7 heteroatoms. The van der Waals surface area contributed by atoms with Crippen molar-refractivity contribution in [1.29, 1.82) is 0 Å². The smallest absolute Gasteiger partial charge is 0.285 e. The molecule has 1 fully saturated rings. The molecular weight excluding hydrogens is 350 g/mol. The minimum atomic E-state index is -3.59. The number of rotatable bonds is 6. The van der Waals surface area contributed by atoms with Gasteiger partial charge >= 0.3 is 0 Å². The van der Waals surface area contributed by atoms with Gasteiger partial charge in [0.05, 0.1) is 0 Å². The lowest BCUT2D eigenvalue weighted by Gasteiger charge is -2.32. The Kier molecular flexibility index (Phi) is 5.96. The molecule has 0 bridgehead atoms. The van der Waals surface area contributed by atoms with E-state index in [1.54, 1.807) is 18.2 Å². The lowest BCUT2D eigenvalue weighted by molar-refractivity contribution is -0.126. The first-order valence-corrected chi connectivity index (χ1v) is 10.9.